The van der Waals surface area contributed by atoms with Crippen molar-refractivity contribution in [1.29, 1.82) is 0 Å². The molecule has 0 amide bonds. The van der Waals surface area contributed by atoms with Gasteiger partial charge in [-0.1, -0.05) is 13.8 Å². The summed E-state index contributed by atoms with van der Waals surface area (Å²) < 4.78 is 0. The summed E-state index contributed by atoms with van der Waals surface area (Å²) in [6.07, 6.45) is 7.51. The third kappa shape index (κ3) is 3.04. The van der Waals surface area contributed by atoms with Gasteiger partial charge in [0.15, 0.2) is 6.10 Å². The zero-order chi connectivity index (χ0) is 20.3. The molecule has 0 heterocycles. The van der Waals surface area contributed by atoms with E-state index in [0.717, 1.165) is 44.9 Å². The third-order valence-corrected chi connectivity index (χ3v) is 9.71. The topological polar surface area (TPSA) is 94.8 Å². The molecular weight excluding hydrogens is 356 g/mol. The normalized spacial score (nSPS) is 48.9. The molecule has 158 valence electrons. The van der Waals surface area contributed by atoms with E-state index in [1.54, 1.807) is 0 Å². The molecule has 9 atom stereocenters. The van der Waals surface area contributed by atoms with Gasteiger partial charge in [-0.25, -0.2) is 4.79 Å². The number of hydrogen-bond donors (Lipinski definition) is 3. The second-order valence-corrected chi connectivity index (χ2v) is 10.8. The largest absolute Gasteiger partial charge is 0.479 e. The molecule has 0 saturated heterocycles. The van der Waals surface area contributed by atoms with E-state index in [-0.39, 0.29) is 29.6 Å². The fourth-order valence-electron chi connectivity index (χ4n) is 8.18. The number of aliphatic hydroxyl groups excluding tert-OH is 2. The summed E-state index contributed by atoms with van der Waals surface area (Å²) in [4.78, 5) is 23.8. The first-order valence-electron chi connectivity index (χ1n) is 11.3. The fraction of sp³-hybridized carbons (Fsp3) is 0.913. The predicted molar refractivity (Wildman–Crippen MR) is 104 cm³/mol. The monoisotopic (exact) mass is 392 g/mol. The van der Waals surface area contributed by atoms with Gasteiger partial charge in [-0.2, -0.15) is 0 Å². The first-order chi connectivity index (χ1) is 13.2. The van der Waals surface area contributed by atoms with E-state index in [1.807, 2.05) is 0 Å². The Kier molecular flexibility index (Phi) is 5.15. The summed E-state index contributed by atoms with van der Waals surface area (Å²) in [5, 5.41) is 28.8. The van der Waals surface area contributed by atoms with Gasteiger partial charge in [-0.05, 0) is 92.3 Å². The lowest BCUT2D eigenvalue weighted by Gasteiger charge is -2.60. The van der Waals surface area contributed by atoms with Gasteiger partial charge in [0.25, 0.3) is 0 Å². The highest BCUT2D eigenvalue weighted by Gasteiger charge is 2.61. The van der Waals surface area contributed by atoms with E-state index in [4.69, 9.17) is 5.11 Å². The van der Waals surface area contributed by atoms with Crippen LogP contribution in [0.25, 0.3) is 0 Å². The Labute approximate surface area is 167 Å². The molecule has 2 unspecified atom stereocenters. The van der Waals surface area contributed by atoms with Crippen LogP contribution < -0.4 is 0 Å². The number of Topliss-reactive ketones (excluding diaryl/α,β-unsaturated/α-hetero) is 1. The lowest BCUT2D eigenvalue weighted by atomic mass is 9.44. The Hall–Kier alpha value is -0.940. The number of carboxylic acids is 1. The second kappa shape index (κ2) is 7.09. The van der Waals surface area contributed by atoms with Crippen LogP contribution in [0.4, 0.5) is 0 Å². The van der Waals surface area contributed by atoms with E-state index in [1.165, 1.54) is 12.8 Å². The Bertz CT molecular complexity index is 647. The molecule has 5 nitrogen and oxygen atoms in total. The molecule has 0 aliphatic heterocycles. The van der Waals surface area contributed by atoms with Crippen LogP contribution in [-0.4, -0.2) is 39.3 Å². The van der Waals surface area contributed by atoms with Crippen LogP contribution in [0.5, 0.6) is 0 Å². The number of aliphatic carboxylic acids is 1. The van der Waals surface area contributed by atoms with E-state index in [9.17, 15) is 19.8 Å². The van der Waals surface area contributed by atoms with E-state index >= 15 is 0 Å². The number of aliphatic hydroxyl groups is 2. The second-order valence-electron chi connectivity index (χ2n) is 10.8. The molecule has 0 aromatic heterocycles. The fourth-order valence-corrected chi connectivity index (χ4v) is 8.18. The maximum Gasteiger partial charge on any atom is 0.332 e. The highest BCUT2D eigenvalue weighted by atomic mass is 16.4. The molecule has 0 radical (unpaired) electrons. The van der Waals surface area contributed by atoms with Crippen LogP contribution >= 0.6 is 0 Å². The lowest BCUT2D eigenvalue weighted by molar-refractivity contribution is -0.151. The molecule has 4 saturated carbocycles. The average molecular weight is 393 g/mol. The zero-order valence-corrected chi connectivity index (χ0v) is 17.3. The van der Waals surface area contributed by atoms with Crippen molar-refractivity contribution >= 4 is 11.8 Å². The van der Waals surface area contributed by atoms with Crippen LogP contribution in [0.2, 0.25) is 0 Å². The zero-order valence-electron chi connectivity index (χ0n) is 17.3. The van der Waals surface area contributed by atoms with Crippen molar-refractivity contribution in [3.63, 3.8) is 0 Å². The van der Waals surface area contributed by atoms with Crippen molar-refractivity contribution in [2.75, 3.05) is 0 Å². The van der Waals surface area contributed by atoms with Gasteiger partial charge < -0.3 is 15.3 Å². The van der Waals surface area contributed by atoms with Crippen LogP contribution in [0, 0.1) is 40.4 Å². The maximum atomic E-state index is 12.9. The molecule has 4 rings (SSSR count). The van der Waals surface area contributed by atoms with Crippen molar-refractivity contribution in [3.8, 4) is 0 Å². The summed E-state index contributed by atoms with van der Waals surface area (Å²) in [5.41, 5.74) is 0.277. The van der Waals surface area contributed by atoms with Crippen LogP contribution in [0.1, 0.15) is 78.1 Å². The van der Waals surface area contributed by atoms with Crippen molar-refractivity contribution < 1.29 is 24.9 Å². The maximum absolute atomic E-state index is 12.9. The summed E-state index contributed by atoms with van der Waals surface area (Å²) >= 11 is 0. The molecule has 5 heteroatoms. The minimum atomic E-state index is -1.57. The smallest absolute Gasteiger partial charge is 0.332 e. The average Bonchev–Trinajstić information content (AvgIpc) is 2.99. The van der Waals surface area contributed by atoms with Gasteiger partial charge in [-0.3, -0.25) is 4.79 Å². The van der Waals surface area contributed by atoms with Crippen molar-refractivity contribution in [2.24, 2.45) is 40.4 Å². The van der Waals surface area contributed by atoms with Gasteiger partial charge in [0.1, 0.15) is 5.78 Å². The molecule has 0 bridgehead atoms. The Morgan fingerprint density at radius 2 is 1.64 bits per heavy atom. The van der Waals surface area contributed by atoms with E-state index in [2.05, 4.69) is 13.8 Å². The van der Waals surface area contributed by atoms with Crippen molar-refractivity contribution in [2.45, 2.75) is 90.3 Å². The molecule has 0 spiro atoms. The summed E-state index contributed by atoms with van der Waals surface area (Å²) in [6, 6.07) is 0. The van der Waals surface area contributed by atoms with Crippen molar-refractivity contribution in [1.82, 2.24) is 0 Å². The number of rotatable bonds is 4. The Morgan fingerprint density at radius 3 is 2.36 bits per heavy atom. The molecule has 0 aromatic carbocycles. The van der Waals surface area contributed by atoms with E-state index in [0.29, 0.717) is 29.1 Å². The van der Waals surface area contributed by atoms with Crippen LogP contribution in [0.3, 0.4) is 0 Å². The number of fused-ring (bicyclic) bond motifs is 5. The molecule has 28 heavy (non-hydrogen) atoms. The van der Waals surface area contributed by atoms with Gasteiger partial charge in [0, 0.05) is 12.3 Å². The standard InChI is InChI=1S/C23H36O5/c1-22-9-7-14(24)11-13(22)3-4-15-16-5-6-18(19(25)12-20(26)21(27)28)23(16,2)10-8-17(15)22/h13-18,20,24,26H,3-12H2,1-2H3,(H,27,28)/t13?,14-,15-,16-,17-,18+,20?,22-,23-/m0/s1. The van der Waals surface area contributed by atoms with Crippen LogP contribution in [-0.2, 0) is 9.59 Å². The molecule has 4 fully saturated rings. The first kappa shape index (κ1) is 20.3. The van der Waals surface area contributed by atoms with Crippen LogP contribution in [0.15, 0.2) is 0 Å². The molecular formula is C23H36O5. The lowest BCUT2D eigenvalue weighted by Crippen LogP contribution is -2.54. The molecule has 0 aromatic rings. The van der Waals surface area contributed by atoms with Gasteiger partial charge >= 0.3 is 5.97 Å². The van der Waals surface area contributed by atoms with E-state index < -0.39 is 12.1 Å². The number of hydrogen-bond acceptors (Lipinski definition) is 4. The summed E-state index contributed by atoms with van der Waals surface area (Å²) in [7, 11) is 0. The van der Waals surface area contributed by atoms with Gasteiger partial charge in [0.2, 0.25) is 0 Å². The first-order valence-corrected chi connectivity index (χ1v) is 11.3. The summed E-state index contributed by atoms with van der Waals surface area (Å²) in [5.74, 6) is 1.04. The molecule has 3 N–H and O–H groups in total. The number of carboxylic acid groups (broad SMARTS) is 1. The third-order valence-electron chi connectivity index (χ3n) is 9.71. The number of carbonyl (C=O) groups excluding carboxylic acids is 1. The minimum Gasteiger partial charge on any atom is -0.479 e. The number of carbonyl (C=O) groups is 2. The predicted octanol–water partition coefficient (Wildman–Crippen LogP) is 3.41. The van der Waals surface area contributed by atoms with Crippen molar-refractivity contribution in [3.05, 3.63) is 0 Å². The van der Waals surface area contributed by atoms with Gasteiger partial charge in [-0.15, -0.1) is 0 Å². The highest BCUT2D eigenvalue weighted by molar-refractivity contribution is 5.87. The minimum absolute atomic E-state index is 0.0478. The Morgan fingerprint density at radius 1 is 0.964 bits per heavy atom. The Balaban J connectivity index is 1.52. The number of ketones is 1. The SMILES string of the molecule is C[C@]12CC[C@H]3[C@@H](CCC4C[C@@H](O)CC[C@@]43C)[C@@H]1CC[C@@H]2C(=O)CC(O)C(=O)O. The quantitative estimate of drug-likeness (QED) is 0.681. The van der Waals surface area contributed by atoms with Gasteiger partial charge in [0.05, 0.1) is 6.10 Å². The highest BCUT2D eigenvalue weighted by Crippen LogP contribution is 2.67. The molecule has 4 aliphatic rings. The summed E-state index contributed by atoms with van der Waals surface area (Å²) in [6.45, 7) is 4.72. The molecule has 4 aliphatic carbocycles.